The van der Waals surface area contributed by atoms with Gasteiger partial charge in [-0.15, -0.1) is 0 Å². The smallest absolute Gasteiger partial charge is 0.238 e. The molecule has 7 rings (SSSR count). The first-order valence-corrected chi connectivity index (χ1v) is 11.7. The summed E-state index contributed by atoms with van der Waals surface area (Å²) in [6.07, 6.45) is 0. The Morgan fingerprint density at radius 3 is 1.94 bits per heavy atom. The van der Waals surface area contributed by atoms with Gasteiger partial charge < -0.3 is 0 Å². The van der Waals surface area contributed by atoms with Crippen molar-refractivity contribution in [1.82, 2.24) is 0 Å². The van der Waals surface area contributed by atoms with E-state index in [4.69, 9.17) is 23.2 Å². The standard InChI is InChI=1S/C27H21Cl2NO2/c1-13(2)14-7-9-18-19(11-14)23-17-6-4-3-5-16(17)22(18)24-25(23)27(32)30(26(24)31)21-10-8-15(28)12-20(21)29/h3-13,22-25H,1-2H3/t22-,23-,24-,25+/m0/s1. The number of hydrogen-bond donors (Lipinski definition) is 0. The zero-order chi connectivity index (χ0) is 22.3. The van der Waals surface area contributed by atoms with Crippen LogP contribution in [0.2, 0.25) is 10.0 Å². The van der Waals surface area contributed by atoms with Gasteiger partial charge in [-0.1, -0.05) is 79.5 Å². The van der Waals surface area contributed by atoms with Crippen molar-refractivity contribution >= 4 is 40.7 Å². The molecule has 5 heteroatoms. The summed E-state index contributed by atoms with van der Waals surface area (Å²) in [7, 11) is 0. The number of rotatable bonds is 2. The molecule has 1 saturated heterocycles. The van der Waals surface area contributed by atoms with Crippen LogP contribution in [0.3, 0.4) is 0 Å². The van der Waals surface area contributed by atoms with E-state index in [-0.39, 0.29) is 23.7 Å². The number of halogens is 2. The monoisotopic (exact) mass is 461 g/mol. The van der Waals surface area contributed by atoms with E-state index < -0.39 is 11.8 Å². The van der Waals surface area contributed by atoms with Crippen LogP contribution in [0.4, 0.5) is 5.69 Å². The fourth-order valence-electron chi connectivity index (χ4n) is 6.00. The highest BCUT2D eigenvalue weighted by atomic mass is 35.5. The van der Waals surface area contributed by atoms with E-state index in [0.29, 0.717) is 21.7 Å². The molecule has 0 saturated carbocycles. The van der Waals surface area contributed by atoms with E-state index in [0.717, 1.165) is 11.1 Å². The summed E-state index contributed by atoms with van der Waals surface area (Å²) in [5.41, 5.74) is 6.34. The van der Waals surface area contributed by atoms with Crippen LogP contribution in [0.5, 0.6) is 0 Å². The molecule has 160 valence electrons. The molecule has 0 spiro atoms. The predicted molar refractivity (Wildman–Crippen MR) is 127 cm³/mol. The average Bonchev–Trinajstić information content (AvgIpc) is 3.04. The third-order valence-electron chi connectivity index (χ3n) is 7.38. The zero-order valence-electron chi connectivity index (χ0n) is 17.7. The van der Waals surface area contributed by atoms with E-state index in [9.17, 15) is 9.59 Å². The molecule has 1 fully saturated rings. The molecule has 4 atom stereocenters. The average molecular weight is 462 g/mol. The van der Waals surface area contributed by atoms with Crippen molar-refractivity contribution in [3.05, 3.63) is 98.5 Å². The summed E-state index contributed by atoms with van der Waals surface area (Å²) in [6.45, 7) is 4.35. The van der Waals surface area contributed by atoms with Gasteiger partial charge in [0.1, 0.15) is 0 Å². The van der Waals surface area contributed by atoms with Gasteiger partial charge in [-0.25, -0.2) is 4.90 Å². The minimum Gasteiger partial charge on any atom is -0.274 e. The Morgan fingerprint density at radius 2 is 1.34 bits per heavy atom. The van der Waals surface area contributed by atoms with E-state index >= 15 is 0 Å². The van der Waals surface area contributed by atoms with E-state index in [2.05, 4.69) is 44.2 Å². The molecule has 3 aromatic carbocycles. The van der Waals surface area contributed by atoms with Crippen LogP contribution in [0.15, 0.2) is 60.7 Å². The molecule has 0 aromatic heterocycles. The van der Waals surface area contributed by atoms with E-state index in [1.807, 2.05) is 12.1 Å². The highest BCUT2D eigenvalue weighted by Crippen LogP contribution is 2.61. The molecule has 0 radical (unpaired) electrons. The second kappa shape index (κ2) is 6.94. The summed E-state index contributed by atoms with van der Waals surface area (Å²) in [5, 5.41) is 0.777. The second-order valence-corrected chi connectivity index (χ2v) is 10.1. The number of amides is 2. The minimum atomic E-state index is -0.427. The first-order chi connectivity index (χ1) is 15.4. The molecule has 2 amide bonds. The van der Waals surface area contributed by atoms with E-state index in [1.165, 1.54) is 21.6 Å². The molecular formula is C27H21Cl2NO2. The highest BCUT2D eigenvalue weighted by molar-refractivity contribution is 6.38. The molecule has 4 aliphatic rings. The van der Waals surface area contributed by atoms with Crippen molar-refractivity contribution < 1.29 is 9.59 Å². The van der Waals surface area contributed by atoms with Crippen LogP contribution < -0.4 is 4.90 Å². The number of carbonyl (C=O) groups excluding carboxylic acids is 2. The van der Waals surface area contributed by atoms with Gasteiger partial charge in [-0.3, -0.25) is 9.59 Å². The van der Waals surface area contributed by atoms with Crippen LogP contribution in [-0.2, 0) is 9.59 Å². The molecule has 3 aliphatic carbocycles. The van der Waals surface area contributed by atoms with Crippen LogP contribution in [0.1, 0.15) is 59.4 Å². The molecule has 1 heterocycles. The summed E-state index contributed by atoms with van der Waals surface area (Å²) >= 11 is 12.5. The number of benzene rings is 3. The van der Waals surface area contributed by atoms with Gasteiger partial charge >= 0.3 is 0 Å². The summed E-state index contributed by atoms with van der Waals surface area (Å²) in [5.74, 6) is -1.08. The first kappa shape index (κ1) is 20.0. The lowest BCUT2D eigenvalue weighted by atomic mass is 9.54. The lowest BCUT2D eigenvalue weighted by Crippen LogP contribution is -2.41. The highest BCUT2D eigenvalue weighted by Gasteiger charge is 2.62. The number of imide groups is 1. The third-order valence-corrected chi connectivity index (χ3v) is 7.92. The Bertz CT molecular complexity index is 1310. The number of anilines is 1. The normalized spacial score (nSPS) is 25.2. The first-order valence-electron chi connectivity index (χ1n) is 10.9. The van der Waals surface area contributed by atoms with Gasteiger partial charge in [0, 0.05) is 16.9 Å². The van der Waals surface area contributed by atoms with Crippen molar-refractivity contribution in [2.45, 2.75) is 31.6 Å². The largest absolute Gasteiger partial charge is 0.274 e. The van der Waals surface area contributed by atoms with Crippen molar-refractivity contribution in [1.29, 1.82) is 0 Å². The molecule has 3 nitrogen and oxygen atoms in total. The quantitative estimate of drug-likeness (QED) is 0.407. The molecule has 2 bridgehead atoms. The predicted octanol–water partition coefficient (Wildman–Crippen LogP) is 6.51. The van der Waals surface area contributed by atoms with Gasteiger partial charge in [-0.2, -0.15) is 0 Å². The molecule has 0 unspecified atom stereocenters. The summed E-state index contributed by atoms with van der Waals surface area (Å²) < 4.78 is 0. The van der Waals surface area contributed by atoms with Crippen molar-refractivity contribution in [3.8, 4) is 0 Å². The fourth-order valence-corrected chi connectivity index (χ4v) is 6.50. The van der Waals surface area contributed by atoms with Gasteiger partial charge in [0.25, 0.3) is 0 Å². The zero-order valence-corrected chi connectivity index (χ0v) is 19.2. The maximum absolute atomic E-state index is 13.8. The van der Waals surface area contributed by atoms with Gasteiger partial charge in [-0.05, 0) is 51.9 Å². The molecule has 32 heavy (non-hydrogen) atoms. The Morgan fingerprint density at radius 1 is 0.750 bits per heavy atom. The molecule has 1 aliphatic heterocycles. The minimum absolute atomic E-state index is 0.134. The van der Waals surface area contributed by atoms with Crippen molar-refractivity contribution in [2.75, 3.05) is 4.90 Å². The van der Waals surface area contributed by atoms with Crippen LogP contribution in [-0.4, -0.2) is 11.8 Å². The second-order valence-electron chi connectivity index (χ2n) is 9.29. The Labute approximate surface area is 197 Å². The Hall–Kier alpha value is -2.62. The van der Waals surface area contributed by atoms with Crippen molar-refractivity contribution in [2.24, 2.45) is 11.8 Å². The van der Waals surface area contributed by atoms with Crippen LogP contribution >= 0.6 is 23.2 Å². The fraction of sp³-hybridized carbons (Fsp3) is 0.259. The van der Waals surface area contributed by atoms with Crippen molar-refractivity contribution in [3.63, 3.8) is 0 Å². The summed E-state index contributed by atoms with van der Waals surface area (Å²) in [4.78, 5) is 28.9. The number of carbonyl (C=O) groups is 2. The SMILES string of the molecule is CC(C)c1ccc2c(c1)[C@@H]1c3ccccc3[C@@H]2[C@@H]2C(=O)N(c3ccc(Cl)cc3Cl)C(=O)[C@H]12. The molecule has 3 aromatic rings. The third kappa shape index (κ3) is 2.55. The molecule has 0 N–H and O–H groups in total. The lowest BCUT2D eigenvalue weighted by molar-refractivity contribution is -0.122. The maximum Gasteiger partial charge on any atom is 0.238 e. The number of nitrogens with zero attached hydrogens (tertiary/aromatic N) is 1. The lowest BCUT2D eigenvalue weighted by Gasteiger charge is -2.46. The van der Waals surface area contributed by atoms with Gasteiger partial charge in [0.2, 0.25) is 11.8 Å². The van der Waals surface area contributed by atoms with Gasteiger partial charge in [0.05, 0.1) is 22.5 Å². The number of hydrogen-bond acceptors (Lipinski definition) is 2. The Kier molecular flexibility index (Phi) is 4.34. The maximum atomic E-state index is 13.8. The topological polar surface area (TPSA) is 37.4 Å². The Balaban J connectivity index is 1.56. The molecular weight excluding hydrogens is 441 g/mol. The van der Waals surface area contributed by atoms with Gasteiger partial charge in [0.15, 0.2) is 0 Å². The van der Waals surface area contributed by atoms with Crippen LogP contribution in [0.25, 0.3) is 0 Å². The summed E-state index contributed by atoms with van der Waals surface area (Å²) in [6, 6.07) is 19.8. The van der Waals surface area contributed by atoms with Crippen LogP contribution in [0, 0.1) is 11.8 Å². The van der Waals surface area contributed by atoms with E-state index in [1.54, 1.807) is 18.2 Å².